The highest BCUT2D eigenvalue weighted by atomic mass is 16.5. The summed E-state index contributed by atoms with van der Waals surface area (Å²) in [6.45, 7) is 6.61. The Morgan fingerprint density at radius 2 is 1.45 bits per heavy atom. The predicted molar refractivity (Wildman–Crippen MR) is 149 cm³/mol. The third-order valence-electron chi connectivity index (χ3n) is 5.99. The number of amides is 2. The third-order valence-corrected chi connectivity index (χ3v) is 5.99. The van der Waals surface area contributed by atoms with Gasteiger partial charge in [0.2, 0.25) is 11.8 Å². The first-order chi connectivity index (χ1) is 18.3. The summed E-state index contributed by atoms with van der Waals surface area (Å²) in [5.41, 5.74) is 3.40. The van der Waals surface area contributed by atoms with E-state index < -0.39 is 0 Å². The van der Waals surface area contributed by atoms with Crippen LogP contribution in [0.4, 0.5) is 5.82 Å². The maximum absolute atomic E-state index is 13.3. The maximum Gasteiger partial charge on any atom is 0.249 e. The van der Waals surface area contributed by atoms with Gasteiger partial charge in [-0.3, -0.25) is 9.59 Å². The number of anilines is 1. The molecular weight excluding hydrogens is 476 g/mol. The van der Waals surface area contributed by atoms with Crippen LogP contribution in [0.25, 0.3) is 5.69 Å². The quantitative estimate of drug-likeness (QED) is 0.312. The van der Waals surface area contributed by atoms with E-state index in [0.717, 1.165) is 22.5 Å². The van der Waals surface area contributed by atoms with Crippen molar-refractivity contribution in [3.63, 3.8) is 0 Å². The molecule has 1 aromatic heterocycles. The molecule has 0 aliphatic carbocycles. The second kappa shape index (κ2) is 12.3. The van der Waals surface area contributed by atoms with Gasteiger partial charge in [0, 0.05) is 18.0 Å². The van der Waals surface area contributed by atoms with E-state index in [1.54, 1.807) is 4.68 Å². The summed E-state index contributed by atoms with van der Waals surface area (Å²) < 4.78 is 7.41. The van der Waals surface area contributed by atoms with Crippen molar-refractivity contribution in [2.24, 2.45) is 0 Å². The van der Waals surface area contributed by atoms with Crippen LogP contribution in [-0.2, 0) is 32.9 Å². The summed E-state index contributed by atoms with van der Waals surface area (Å²) in [5.74, 6) is -0.0136. The summed E-state index contributed by atoms with van der Waals surface area (Å²) >= 11 is 0. The van der Waals surface area contributed by atoms with Gasteiger partial charge in [-0.15, -0.1) is 0 Å². The number of carbonyl (C=O) groups excluding carboxylic acids is 2. The van der Waals surface area contributed by atoms with Crippen LogP contribution in [0.15, 0.2) is 97.1 Å². The van der Waals surface area contributed by atoms with Gasteiger partial charge in [0.15, 0.2) is 0 Å². The van der Waals surface area contributed by atoms with Crippen LogP contribution in [0, 0.1) is 0 Å². The Balaban J connectivity index is 1.49. The number of rotatable bonds is 10. The monoisotopic (exact) mass is 510 g/mol. The molecule has 38 heavy (non-hydrogen) atoms. The standard InChI is InChI=1S/C31H34N4O3/c1-31(2,3)27-19-28(35(33-27)26-17-11-6-12-18-26)32-29(36)21-34(20-24-13-7-4-8-14-24)30(37)23-38-22-25-15-9-5-10-16-25/h4-19H,20-23H2,1-3H3,(H,32,36). The van der Waals surface area contributed by atoms with Gasteiger partial charge in [0.1, 0.15) is 19.0 Å². The van der Waals surface area contributed by atoms with Crippen molar-refractivity contribution in [2.75, 3.05) is 18.5 Å². The van der Waals surface area contributed by atoms with Crippen molar-refractivity contribution in [3.05, 3.63) is 114 Å². The summed E-state index contributed by atoms with van der Waals surface area (Å²) in [6.07, 6.45) is 0. The molecule has 0 fully saturated rings. The number of carbonyl (C=O) groups is 2. The Morgan fingerprint density at radius 1 is 0.868 bits per heavy atom. The molecule has 0 aliphatic rings. The van der Waals surface area contributed by atoms with Crippen molar-refractivity contribution in [2.45, 2.75) is 39.3 Å². The molecule has 0 saturated carbocycles. The van der Waals surface area contributed by atoms with E-state index in [1.807, 2.05) is 97.1 Å². The molecule has 7 heteroatoms. The van der Waals surface area contributed by atoms with Crippen LogP contribution in [0.5, 0.6) is 0 Å². The Morgan fingerprint density at radius 3 is 2.05 bits per heavy atom. The molecule has 0 spiro atoms. The Bertz CT molecular complexity index is 1330. The zero-order valence-electron chi connectivity index (χ0n) is 22.1. The highest BCUT2D eigenvalue weighted by Gasteiger charge is 2.23. The van der Waals surface area contributed by atoms with Crippen molar-refractivity contribution >= 4 is 17.6 Å². The van der Waals surface area contributed by atoms with Crippen molar-refractivity contribution in [1.82, 2.24) is 14.7 Å². The first-order valence-electron chi connectivity index (χ1n) is 12.7. The zero-order valence-corrected chi connectivity index (χ0v) is 22.1. The van der Waals surface area contributed by atoms with E-state index in [2.05, 4.69) is 26.1 Å². The van der Waals surface area contributed by atoms with Crippen LogP contribution in [0.1, 0.15) is 37.6 Å². The van der Waals surface area contributed by atoms with Gasteiger partial charge in [-0.25, -0.2) is 4.68 Å². The lowest BCUT2D eigenvalue weighted by molar-refractivity contribution is -0.139. The van der Waals surface area contributed by atoms with Gasteiger partial charge in [0.25, 0.3) is 0 Å². The highest BCUT2D eigenvalue weighted by Crippen LogP contribution is 2.26. The Hall–Kier alpha value is -4.23. The summed E-state index contributed by atoms with van der Waals surface area (Å²) in [5, 5.41) is 7.74. The minimum absolute atomic E-state index is 0.118. The molecule has 4 rings (SSSR count). The highest BCUT2D eigenvalue weighted by molar-refractivity contribution is 5.94. The number of benzene rings is 3. The van der Waals surface area contributed by atoms with Gasteiger partial charge in [0.05, 0.1) is 18.0 Å². The number of hydrogen-bond acceptors (Lipinski definition) is 4. The van der Waals surface area contributed by atoms with Crippen LogP contribution >= 0.6 is 0 Å². The van der Waals surface area contributed by atoms with Crippen molar-refractivity contribution in [1.29, 1.82) is 0 Å². The van der Waals surface area contributed by atoms with E-state index in [-0.39, 0.29) is 30.4 Å². The summed E-state index contributed by atoms with van der Waals surface area (Å²) in [4.78, 5) is 27.9. The lowest BCUT2D eigenvalue weighted by Crippen LogP contribution is -2.39. The normalized spacial score (nSPS) is 11.2. The molecular formula is C31H34N4O3. The molecule has 1 heterocycles. The predicted octanol–water partition coefficient (Wildman–Crippen LogP) is 5.35. The fourth-order valence-electron chi connectivity index (χ4n) is 3.92. The summed E-state index contributed by atoms with van der Waals surface area (Å²) in [6, 6.07) is 30.8. The minimum atomic E-state index is -0.310. The van der Waals surface area contributed by atoms with Gasteiger partial charge in [-0.1, -0.05) is 99.6 Å². The SMILES string of the molecule is CC(C)(C)c1cc(NC(=O)CN(Cc2ccccc2)C(=O)COCc2ccccc2)n(-c2ccccc2)n1. The fraction of sp³-hybridized carbons (Fsp3) is 0.258. The van der Waals surface area contributed by atoms with Crippen LogP contribution in [0.2, 0.25) is 0 Å². The lowest BCUT2D eigenvalue weighted by Gasteiger charge is -2.22. The van der Waals surface area contributed by atoms with Crippen LogP contribution in [-0.4, -0.2) is 39.6 Å². The van der Waals surface area contributed by atoms with Crippen molar-refractivity contribution in [3.8, 4) is 5.69 Å². The first kappa shape index (κ1) is 26.8. The second-order valence-corrected chi connectivity index (χ2v) is 10.2. The molecule has 1 N–H and O–H groups in total. The van der Waals surface area contributed by atoms with E-state index in [0.29, 0.717) is 19.0 Å². The molecule has 0 aliphatic heterocycles. The molecule has 0 radical (unpaired) electrons. The topological polar surface area (TPSA) is 76.5 Å². The average Bonchev–Trinajstić information content (AvgIpc) is 3.34. The number of aromatic nitrogens is 2. The molecule has 0 bridgehead atoms. The number of nitrogens with zero attached hydrogens (tertiary/aromatic N) is 3. The zero-order chi connectivity index (χ0) is 27.0. The largest absolute Gasteiger partial charge is 0.367 e. The lowest BCUT2D eigenvalue weighted by atomic mass is 9.92. The maximum atomic E-state index is 13.3. The molecule has 3 aromatic carbocycles. The van der Waals surface area contributed by atoms with Crippen LogP contribution < -0.4 is 5.32 Å². The summed E-state index contributed by atoms with van der Waals surface area (Å²) in [7, 11) is 0. The Kier molecular flexibility index (Phi) is 8.71. The molecule has 0 unspecified atom stereocenters. The molecule has 0 atom stereocenters. The second-order valence-electron chi connectivity index (χ2n) is 10.2. The van der Waals surface area contributed by atoms with E-state index in [9.17, 15) is 9.59 Å². The van der Waals surface area contributed by atoms with E-state index in [1.165, 1.54) is 4.90 Å². The molecule has 4 aromatic rings. The van der Waals surface area contributed by atoms with Gasteiger partial charge in [-0.05, 0) is 23.3 Å². The smallest absolute Gasteiger partial charge is 0.249 e. The van der Waals surface area contributed by atoms with Gasteiger partial charge >= 0.3 is 0 Å². The number of hydrogen-bond donors (Lipinski definition) is 1. The Labute approximate surface area is 224 Å². The minimum Gasteiger partial charge on any atom is -0.367 e. The van der Waals surface area contributed by atoms with Gasteiger partial charge < -0.3 is 15.0 Å². The van der Waals surface area contributed by atoms with E-state index >= 15 is 0 Å². The van der Waals surface area contributed by atoms with Gasteiger partial charge in [-0.2, -0.15) is 5.10 Å². The third kappa shape index (κ3) is 7.40. The number of ether oxygens (including phenoxy) is 1. The number of nitrogens with one attached hydrogen (secondary N) is 1. The number of para-hydroxylation sites is 1. The average molecular weight is 511 g/mol. The van der Waals surface area contributed by atoms with Crippen molar-refractivity contribution < 1.29 is 14.3 Å². The van der Waals surface area contributed by atoms with E-state index in [4.69, 9.17) is 9.84 Å². The molecule has 196 valence electrons. The fourth-order valence-corrected chi connectivity index (χ4v) is 3.92. The first-order valence-corrected chi connectivity index (χ1v) is 12.7. The molecule has 7 nitrogen and oxygen atoms in total. The van der Waals surface area contributed by atoms with Crippen LogP contribution in [0.3, 0.4) is 0 Å². The molecule has 0 saturated heterocycles. The molecule has 2 amide bonds.